The van der Waals surface area contributed by atoms with Crippen molar-refractivity contribution in [1.29, 1.82) is 0 Å². The molecule has 1 saturated heterocycles. The Balaban J connectivity index is 1.84. The number of aromatic nitrogens is 1. The van der Waals surface area contributed by atoms with E-state index in [1.807, 2.05) is 0 Å². The summed E-state index contributed by atoms with van der Waals surface area (Å²) in [5, 5.41) is 2.70. The SMILES string of the molecule is COC(CNC(=O)c1ccc(OC2CCOC2)nc1)OC. The van der Waals surface area contributed by atoms with Gasteiger partial charge in [-0.1, -0.05) is 0 Å². The molecule has 0 saturated carbocycles. The highest BCUT2D eigenvalue weighted by Crippen LogP contribution is 2.14. The van der Waals surface area contributed by atoms with Gasteiger partial charge in [-0.15, -0.1) is 0 Å². The molecule has 21 heavy (non-hydrogen) atoms. The van der Waals surface area contributed by atoms with Crippen molar-refractivity contribution in [3.8, 4) is 5.88 Å². The minimum atomic E-state index is -0.466. The summed E-state index contributed by atoms with van der Waals surface area (Å²) < 4.78 is 20.9. The Morgan fingerprint density at radius 2 is 2.29 bits per heavy atom. The number of methoxy groups -OCH3 is 2. The molecular formula is C14H20N2O5. The predicted octanol–water partition coefficient (Wildman–Crippen LogP) is 0.598. The first-order valence-corrected chi connectivity index (χ1v) is 6.77. The summed E-state index contributed by atoms with van der Waals surface area (Å²) in [6, 6.07) is 3.35. The molecule has 2 rings (SSSR count). The number of carbonyl (C=O) groups excluding carboxylic acids is 1. The fourth-order valence-electron chi connectivity index (χ4n) is 1.90. The van der Waals surface area contributed by atoms with Crippen LogP contribution in [0.3, 0.4) is 0 Å². The lowest BCUT2D eigenvalue weighted by Crippen LogP contribution is -2.34. The number of hydrogen-bond acceptors (Lipinski definition) is 6. The predicted molar refractivity (Wildman–Crippen MR) is 74.2 cm³/mol. The van der Waals surface area contributed by atoms with Gasteiger partial charge in [0, 0.05) is 32.9 Å². The summed E-state index contributed by atoms with van der Waals surface area (Å²) in [4.78, 5) is 16.0. The minimum absolute atomic E-state index is 0.0429. The third kappa shape index (κ3) is 4.66. The van der Waals surface area contributed by atoms with Crippen molar-refractivity contribution in [2.45, 2.75) is 18.8 Å². The van der Waals surface area contributed by atoms with Crippen LogP contribution < -0.4 is 10.1 Å². The fourth-order valence-corrected chi connectivity index (χ4v) is 1.90. The lowest BCUT2D eigenvalue weighted by atomic mass is 10.2. The third-order valence-electron chi connectivity index (χ3n) is 3.13. The van der Waals surface area contributed by atoms with Crippen molar-refractivity contribution < 1.29 is 23.7 Å². The molecule has 0 aliphatic carbocycles. The molecule has 0 bridgehead atoms. The Kier molecular flexibility index (Phi) is 5.91. The molecule has 1 aliphatic rings. The van der Waals surface area contributed by atoms with Gasteiger partial charge in [0.25, 0.3) is 5.91 Å². The first kappa shape index (κ1) is 15.7. The van der Waals surface area contributed by atoms with Crippen LogP contribution in [0, 0.1) is 0 Å². The van der Waals surface area contributed by atoms with E-state index in [0.29, 0.717) is 24.7 Å². The number of hydrogen-bond donors (Lipinski definition) is 1. The molecule has 0 spiro atoms. The van der Waals surface area contributed by atoms with Gasteiger partial charge < -0.3 is 24.3 Å². The van der Waals surface area contributed by atoms with Gasteiger partial charge in [-0.05, 0) is 6.07 Å². The first-order chi connectivity index (χ1) is 10.2. The molecule has 1 atom stereocenters. The van der Waals surface area contributed by atoms with Crippen molar-refractivity contribution in [2.75, 3.05) is 34.0 Å². The highest BCUT2D eigenvalue weighted by Gasteiger charge is 2.18. The van der Waals surface area contributed by atoms with E-state index < -0.39 is 6.29 Å². The van der Waals surface area contributed by atoms with Crippen LogP contribution in [0.5, 0.6) is 5.88 Å². The van der Waals surface area contributed by atoms with Gasteiger partial charge in [0.2, 0.25) is 5.88 Å². The van der Waals surface area contributed by atoms with Gasteiger partial charge in [0.15, 0.2) is 6.29 Å². The number of rotatable bonds is 7. The Morgan fingerprint density at radius 3 is 2.86 bits per heavy atom. The van der Waals surface area contributed by atoms with Gasteiger partial charge in [-0.2, -0.15) is 0 Å². The van der Waals surface area contributed by atoms with E-state index in [4.69, 9.17) is 18.9 Å². The molecule has 2 heterocycles. The topological polar surface area (TPSA) is 78.9 Å². The van der Waals surface area contributed by atoms with Crippen LogP contribution in [-0.4, -0.2) is 57.3 Å². The van der Waals surface area contributed by atoms with Crippen LogP contribution in [0.1, 0.15) is 16.8 Å². The minimum Gasteiger partial charge on any atom is -0.472 e. The largest absolute Gasteiger partial charge is 0.472 e. The lowest BCUT2D eigenvalue weighted by molar-refractivity contribution is -0.0974. The van der Waals surface area contributed by atoms with E-state index in [2.05, 4.69) is 10.3 Å². The van der Waals surface area contributed by atoms with E-state index in [0.717, 1.165) is 6.42 Å². The van der Waals surface area contributed by atoms with Gasteiger partial charge in [0.05, 0.1) is 25.3 Å². The second-order valence-electron chi connectivity index (χ2n) is 4.60. The smallest absolute Gasteiger partial charge is 0.253 e. The Hall–Kier alpha value is -1.70. The van der Waals surface area contributed by atoms with Crippen LogP contribution in [0.4, 0.5) is 0 Å². The van der Waals surface area contributed by atoms with E-state index in [-0.39, 0.29) is 18.6 Å². The van der Waals surface area contributed by atoms with E-state index in [1.54, 1.807) is 12.1 Å². The van der Waals surface area contributed by atoms with Crippen molar-refractivity contribution in [1.82, 2.24) is 10.3 Å². The monoisotopic (exact) mass is 296 g/mol. The Morgan fingerprint density at radius 1 is 1.48 bits per heavy atom. The van der Waals surface area contributed by atoms with Crippen LogP contribution >= 0.6 is 0 Å². The zero-order valence-corrected chi connectivity index (χ0v) is 12.2. The molecule has 1 aliphatic heterocycles. The summed E-state index contributed by atoms with van der Waals surface area (Å²) >= 11 is 0. The van der Waals surface area contributed by atoms with Gasteiger partial charge in [0.1, 0.15) is 6.10 Å². The molecular weight excluding hydrogens is 276 g/mol. The molecule has 1 N–H and O–H groups in total. The molecule has 1 fully saturated rings. The zero-order chi connectivity index (χ0) is 15.1. The number of amides is 1. The molecule has 1 aromatic rings. The quantitative estimate of drug-likeness (QED) is 0.742. The van der Waals surface area contributed by atoms with Crippen LogP contribution in [0.25, 0.3) is 0 Å². The van der Waals surface area contributed by atoms with Crippen LogP contribution in [0.2, 0.25) is 0 Å². The molecule has 0 aromatic carbocycles. The highest BCUT2D eigenvalue weighted by molar-refractivity contribution is 5.93. The second-order valence-corrected chi connectivity index (χ2v) is 4.60. The maximum Gasteiger partial charge on any atom is 0.253 e. The number of nitrogens with one attached hydrogen (secondary N) is 1. The van der Waals surface area contributed by atoms with Gasteiger partial charge >= 0.3 is 0 Å². The van der Waals surface area contributed by atoms with Gasteiger partial charge in [-0.25, -0.2) is 4.98 Å². The summed E-state index contributed by atoms with van der Waals surface area (Å²) in [7, 11) is 3.03. The molecule has 7 nitrogen and oxygen atoms in total. The van der Waals surface area contributed by atoms with E-state index >= 15 is 0 Å². The fraction of sp³-hybridized carbons (Fsp3) is 0.571. The lowest BCUT2D eigenvalue weighted by Gasteiger charge is -2.14. The number of pyridine rings is 1. The average Bonchev–Trinajstić information content (AvgIpc) is 3.02. The maximum absolute atomic E-state index is 11.9. The van der Waals surface area contributed by atoms with E-state index in [9.17, 15) is 4.79 Å². The van der Waals surface area contributed by atoms with Crippen molar-refractivity contribution in [3.63, 3.8) is 0 Å². The molecule has 7 heteroatoms. The normalized spacial score (nSPS) is 18.0. The van der Waals surface area contributed by atoms with Crippen molar-refractivity contribution in [3.05, 3.63) is 23.9 Å². The van der Waals surface area contributed by atoms with Crippen molar-refractivity contribution in [2.24, 2.45) is 0 Å². The Bertz CT molecular complexity index is 441. The zero-order valence-electron chi connectivity index (χ0n) is 12.2. The summed E-state index contributed by atoms with van der Waals surface area (Å²) in [6.45, 7) is 1.56. The van der Waals surface area contributed by atoms with Gasteiger partial charge in [-0.3, -0.25) is 4.79 Å². The first-order valence-electron chi connectivity index (χ1n) is 6.77. The summed E-state index contributed by atoms with van der Waals surface area (Å²) in [6.07, 6.45) is 1.92. The standard InChI is InChI=1S/C14H20N2O5/c1-18-13(19-2)8-16-14(17)10-3-4-12(15-7-10)21-11-5-6-20-9-11/h3-4,7,11,13H,5-6,8-9H2,1-2H3,(H,16,17). The summed E-state index contributed by atoms with van der Waals surface area (Å²) in [5.41, 5.74) is 0.455. The molecule has 1 unspecified atom stereocenters. The molecule has 1 amide bonds. The number of ether oxygens (including phenoxy) is 4. The summed E-state index contributed by atoms with van der Waals surface area (Å²) in [5.74, 6) is 0.256. The molecule has 116 valence electrons. The highest BCUT2D eigenvalue weighted by atomic mass is 16.7. The second kappa shape index (κ2) is 7.92. The molecule has 0 radical (unpaired) electrons. The third-order valence-corrected chi connectivity index (χ3v) is 3.13. The van der Waals surface area contributed by atoms with E-state index in [1.165, 1.54) is 20.4 Å². The van der Waals surface area contributed by atoms with Crippen molar-refractivity contribution >= 4 is 5.91 Å². The molecule has 1 aromatic heterocycles. The Labute approximate surface area is 123 Å². The average molecular weight is 296 g/mol. The van der Waals surface area contributed by atoms with Crippen LogP contribution in [-0.2, 0) is 14.2 Å². The number of carbonyl (C=O) groups is 1. The van der Waals surface area contributed by atoms with Crippen LogP contribution in [0.15, 0.2) is 18.3 Å². The maximum atomic E-state index is 11.9. The number of nitrogens with zero attached hydrogens (tertiary/aromatic N) is 1.